The van der Waals surface area contributed by atoms with Crippen LogP contribution in [0.1, 0.15) is 47.4 Å². The Morgan fingerprint density at radius 3 is 2.73 bits per heavy atom. The minimum atomic E-state index is -0.414. The molecule has 0 fully saturated rings. The maximum atomic E-state index is 12.7. The molecular formula is C22H27N3O4S. The quantitative estimate of drug-likeness (QED) is 0.410. The molecule has 7 nitrogen and oxygen atoms in total. The molecule has 1 N–H and O–H groups in total. The van der Waals surface area contributed by atoms with Crippen LogP contribution in [0.25, 0.3) is 10.2 Å². The number of nitrogens with zero attached hydrogens (tertiary/aromatic N) is 2. The van der Waals surface area contributed by atoms with Crippen LogP contribution in [-0.2, 0) is 4.74 Å². The number of aryl methyl sites for hydroxylation is 1. The number of para-hydroxylation sites is 1. The molecule has 8 heteroatoms. The highest BCUT2D eigenvalue weighted by Crippen LogP contribution is 2.28. The zero-order valence-corrected chi connectivity index (χ0v) is 18.5. The largest absolute Gasteiger partial charge is 0.494 e. The molecule has 0 aliphatic carbocycles. The Kier molecular flexibility index (Phi) is 7.23. The van der Waals surface area contributed by atoms with Gasteiger partial charge in [-0.3, -0.25) is 9.69 Å². The minimum absolute atomic E-state index is 0.0905. The van der Waals surface area contributed by atoms with Crippen molar-refractivity contribution >= 4 is 27.5 Å². The summed E-state index contributed by atoms with van der Waals surface area (Å²) in [6.07, 6.45) is 0.841. The zero-order valence-electron chi connectivity index (χ0n) is 17.7. The number of nitrogens with one attached hydrogen (secondary N) is 1. The first-order valence-corrected chi connectivity index (χ1v) is 10.8. The fourth-order valence-corrected chi connectivity index (χ4v) is 4.26. The maximum Gasteiger partial charge on any atom is 0.348 e. The van der Waals surface area contributed by atoms with Crippen LogP contribution in [0.3, 0.4) is 0 Å². The number of carbonyl (C=O) groups excluding carboxylic acids is 1. The summed E-state index contributed by atoms with van der Waals surface area (Å²) in [6, 6.07) is 9.63. The first-order valence-electron chi connectivity index (χ1n) is 10.0. The molecule has 0 aliphatic rings. The number of ether oxygens (including phenoxy) is 2. The van der Waals surface area contributed by atoms with E-state index in [-0.39, 0.29) is 18.2 Å². The van der Waals surface area contributed by atoms with E-state index in [2.05, 4.69) is 14.9 Å². The fraction of sp³-hybridized carbons (Fsp3) is 0.409. The van der Waals surface area contributed by atoms with Gasteiger partial charge in [-0.15, -0.1) is 11.3 Å². The molecule has 0 saturated carbocycles. The molecule has 1 atom stereocenters. The van der Waals surface area contributed by atoms with E-state index in [1.165, 1.54) is 11.3 Å². The number of hydrogen-bond donors (Lipinski definition) is 1. The van der Waals surface area contributed by atoms with E-state index in [0.717, 1.165) is 18.7 Å². The normalized spacial score (nSPS) is 12.3. The molecule has 0 spiro atoms. The summed E-state index contributed by atoms with van der Waals surface area (Å²) < 4.78 is 10.8. The number of hydrogen-bond acceptors (Lipinski definition) is 7. The average molecular weight is 430 g/mol. The van der Waals surface area contributed by atoms with Gasteiger partial charge in [0, 0.05) is 6.54 Å². The van der Waals surface area contributed by atoms with E-state index in [1.54, 1.807) is 13.8 Å². The summed E-state index contributed by atoms with van der Waals surface area (Å²) in [6.45, 7) is 7.19. The molecule has 0 radical (unpaired) electrons. The van der Waals surface area contributed by atoms with E-state index in [1.807, 2.05) is 44.3 Å². The first-order chi connectivity index (χ1) is 14.4. The van der Waals surface area contributed by atoms with Gasteiger partial charge in [0.05, 0.1) is 24.6 Å². The lowest BCUT2D eigenvalue weighted by Gasteiger charge is -2.23. The number of esters is 1. The van der Waals surface area contributed by atoms with Crippen molar-refractivity contribution in [3.05, 3.63) is 57.0 Å². The highest BCUT2D eigenvalue weighted by molar-refractivity contribution is 7.20. The summed E-state index contributed by atoms with van der Waals surface area (Å²) in [5.41, 5.74) is 0.389. The van der Waals surface area contributed by atoms with Crippen LogP contribution in [0.2, 0.25) is 0 Å². The third kappa shape index (κ3) is 4.88. The van der Waals surface area contributed by atoms with Gasteiger partial charge in [-0.05, 0) is 51.9 Å². The van der Waals surface area contributed by atoms with Gasteiger partial charge in [0.15, 0.2) is 0 Å². The van der Waals surface area contributed by atoms with Crippen molar-refractivity contribution in [3.8, 4) is 5.75 Å². The fourth-order valence-electron chi connectivity index (χ4n) is 3.17. The summed E-state index contributed by atoms with van der Waals surface area (Å²) in [5.74, 6) is 1.02. The van der Waals surface area contributed by atoms with E-state index < -0.39 is 5.97 Å². The molecule has 30 heavy (non-hydrogen) atoms. The lowest BCUT2D eigenvalue weighted by molar-refractivity contribution is 0.0531. The Morgan fingerprint density at radius 2 is 2.03 bits per heavy atom. The van der Waals surface area contributed by atoms with Crippen molar-refractivity contribution < 1.29 is 14.3 Å². The van der Waals surface area contributed by atoms with Gasteiger partial charge >= 0.3 is 5.97 Å². The molecule has 160 valence electrons. The Balaban J connectivity index is 1.68. The van der Waals surface area contributed by atoms with Gasteiger partial charge in [-0.1, -0.05) is 18.2 Å². The second-order valence-corrected chi connectivity index (χ2v) is 8.08. The zero-order chi connectivity index (χ0) is 21.7. The number of aromatic nitrogens is 2. The van der Waals surface area contributed by atoms with Gasteiger partial charge in [0.25, 0.3) is 5.56 Å². The van der Waals surface area contributed by atoms with Gasteiger partial charge in [0.2, 0.25) is 0 Å². The van der Waals surface area contributed by atoms with Crippen LogP contribution in [-0.4, -0.2) is 47.6 Å². The van der Waals surface area contributed by atoms with Crippen LogP contribution in [0.4, 0.5) is 0 Å². The molecule has 3 aromatic rings. The van der Waals surface area contributed by atoms with E-state index in [0.29, 0.717) is 33.1 Å². The van der Waals surface area contributed by atoms with Crippen LogP contribution in [0.15, 0.2) is 35.1 Å². The highest BCUT2D eigenvalue weighted by atomic mass is 32.1. The standard InChI is InChI=1S/C22H27N3O4S/c1-5-28-22(27)18-14(2)17-20(26)23-19(24-21(17)30-18)15(3)25(4)12-9-13-29-16-10-7-6-8-11-16/h6-8,10-11,15H,5,9,12-13H2,1-4H3,(H,23,24,26). The molecule has 1 unspecified atom stereocenters. The minimum Gasteiger partial charge on any atom is -0.494 e. The second-order valence-electron chi connectivity index (χ2n) is 7.08. The van der Waals surface area contributed by atoms with Crippen molar-refractivity contribution in [2.45, 2.75) is 33.2 Å². The third-order valence-electron chi connectivity index (χ3n) is 5.00. The molecule has 2 heterocycles. The summed E-state index contributed by atoms with van der Waals surface area (Å²) >= 11 is 1.20. The number of thiophene rings is 1. The average Bonchev–Trinajstić information content (AvgIpc) is 3.08. The van der Waals surface area contributed by atoms with Crippen LogP contribution >= 0.6 is 11.3 Å². The second kappa shape index (κ2) is 9.86. The third-order valence-corrected chi connectivity index (χ3v) is 6.17. The number of rotatable bonds is 9. The van der Waals surface area contributed by atoms with Crippen LogP contribution in [0, 0.1) is 6.92 Å². The van der Waals surface area contributed by atoms with Crippen molar-refractivity contribution in [1.82, 2.24) is 14.9 Å². The van der Waals surface area contributed by atoms with Crippen molar-refractivity contribution in [2.24, 2.45) is 0 Å². The van der Waals surface area contributed by atoms with Gasteiger partial charge in [-0.2, -0.15) is 0 Å². The van der Waals surface area contributed by atoms with E-state index in [9.17, 15) is 9.59 Å². The van der Waals surface area contributed by atoms with Crippen molar-refractivity contribution in [1.29, 1.82) is 0 Å². The molecule has 0 amide bonds. The highest BCUT2D eigenvalue weighted by Gasteiger charge is 2.22. The first kappa shape index (κ1) is 22.0. The number of H-pyrrole nitrogens is 1. The van der Waals surface area contributed by atoms with E-state index in [4.69, 9.17) is 9.47 Å². The van der Waals surface area contributed by atoms with Crippen LogP contribution in [0.5, 0.6) is 5.75 Å². The molecule has 0 saturated heterocycles. The SMILES string of the molecule is CCOC(=O)c1sc2nc(C(C)N(C)CCCOc3ccccc3)[nH]c(=O)c2c1C. The van der Waals surface area contributed by atoms with Gasteiger partial charge < -0.3 is 14.5 Å². The number of aromatic amines is 1. The predicted molar refractivity (Wildman–Crippen MR) is 119 cm³/mol. The Labute approximate surface area is 179 Å². The molecule has 2 aromatic heterocycles. The van der Waals surface area contributed by atoms with Crippen LogP contribution < -0.4 is 10.3 Å². The number of benzene rings is 1. The van der Waals surface area contributed by atoms with Crippen molar-refractivity contribution in [3.63, 3.8) is 0 Å². The predicted octanol–water partition coefficient (Wildman–Crippen LogP) is 3.93. The summed E-state index contributed by atoms with van der Waals surface area (Å²) in [7, 11) is 1.99. The summed E-state index contributed by atoms with van der Waals surface area (Å²) in [4.78, 5) is 35.5. The Bertz CT molecular complexity index is 1060. The smallest absolute Gasteiger partial charge is 0.348 e. The topological polar surface area (TPSA) is 84.5 Å². The van der Waals surface area contributed by atoms with Gasteiger partial charge in [-0.25, -0.2) is 9.78 Å². The molecule has 0 aliphatic heterocycles. The Morgan fingerprint density at radius 1 is 1.30 bits per heavy atom. The van der Waals surface area contributed by atoms with Gasteiger partial charge in [0.1, 0.15) is 21.3 Å². The maximum absolute atomic E-state index is 12.7. The number of fused-ring (bicyclic) bond motifs is 1. The summed E-state index contributed by atoms with van der Waals surface area (Å²) in [5, 5.41) is 0.456. The molecule has 1 aromatic carbocycles. The molecular weight excluding hydrogens is 402 g/mol. The Hall–Kier alpha value is -2.71. The van der Waals surface area contributed by atoms with Crippen molar-refractivity contribution in [2.75, 3.05) is 26.8 Å². The van der Waals surface area contributed by atoms with E-state index >= 15 is 0 Å². The lowest BCUT2D eigenvalue weighted by atomic mass is 10.2. The molecule has 3 rings (SSSR count). The monoisotopic (exact) mass is 429 g/mol. The lowest BCUT2D eigenvalue weighted by Crippen LogP contribution is -2.27. The molecule has 0 bridgehead atoms. The number of carbonyl (C=O) groups is 1.